The molecule has 7 nitrogen and oxygen atoms in total. The first kappa shape index (κ1) is 19.5. The summed E-state index contributed by atoms with van der Waals surface area (Å²) < 4.78 is 66.9. The van der Waals surface area contributed by atoms with Gasteiger partial charge in [0, 0.05) is 12.1 Å². The normalized spacial score (nSPS) is 20.2. The van der Waals surface area contributed by atoms with Gasteiger partial charge in [-0.3, -0.25) is 4.72 Å². The van der Waals surface area contributed by atoms with Crippen LogP contribution in [0, 0.1) is 5.82 Å². The van der Waals surface area contributed by atoms with Gasteiger partial charge in [-0.2, -0.15) is 0 Å². The van der Waals surface area contributed by atoms with Crippen LogP contribution in [-0.4, -0.2) is 52.7 Å². The van der Waals surface area contributed by atoms with Gasteiger partial charge < -0.3 is 4.90 Å². The summed E-state index contributed by atoms with van der Waals surface area (Å²) in [5, 5.41) is 0. The van der Waals surface area contributed by atoms with Crippen molar-refractivity contribution in [2.75, 3.05) is 23.6 Å². The van der Waals surface area contributed by atoms with E-state index in [1.807, 2.05) is 0 Å². The molecule has 2 N–H and O–H groups in total. The van der Waals surface area contributed by atoms with Gasteiger partial charge >= 0.3 is 0 Å². The fraction of sp³-hybridized carbons (Fsp3) is 0.625. The topological polar surface area (TPSA) is 95.6 Å². The van der Waals surface area contributed by atoms with Crippen LogP contribution < -0.4 is 9.44 Å². The fourth-order valence-corrected chi connectivity index (χ4v) is 5.06. The zero-order valence-electron chi connectivity index (χ0n) is 14.6. The monoisotopic (exact) mass is 405 g/mol. The van der Waals surface area contributed by atoms with E-state index in [4.69, 9.17) is 0 Å². The molecule has 0 radical (unpaired) electrons. The van der Waals surface area contributed by atoms with Crippen molar-refractivity contribution in [3.8, 4) is 0 Å². The Labute approximate surface area is 154 Å². The van der Waals surface area contributed by atoms with Crippen LogP contribution in [-0.2, 0) is 20.0 Å². The van der Waals surface area contributed by atoms with Crippen molar-refractivity contribution in [3.63, 3.8) is 0 Å². The summed E-state index contributed by atoms with van der Waals surface area (Å²) in [6, 6.07) is 3.68. The number of anilines is 1. The van der Waals surface area contributed by atoms with Crippen LogP contribution in [0.1, 0.15) is 32.6 Å². The van der Waals surface area contributed by atoms with Crippen LogP contribution in [0.25, 0.3) is 0 Å². The Balaban J connectivity index is 1.66. The van der Waals surface area contributed by atoms with E-state index in [9.17, 15) is 21.2 Å². The first-order valence-corrected chi connectivity index (χ1v) is 11.9. The average molecular weight is 406 g/mol. The number of rotatable bonds is 7. The van der Waals surface area contributed by atoms with E-state index in [2.05, 4.69) is 14.3 Å². The minimum absolute atomic E-state index is 0.170. The highest BCUT2D eigenvalue weighted by molar-refractivity contribution is 7.92. The maximum Gasteiger partial charge on any atom is 0.240 e. The molecule has 1 aliphatic heterocycles. The van der Waals surface area contributed by atoms with Crippen LogP contribution in [0.4, 0.5) is 10.1 Å². The average Bonchev–Trinajstić information content (AvgIpc) is 3.42. The van der Waals surface area contributed by atoms with E-state index in [-0.39, 0.29) is 22.4 Å². The summed E-state index contributed by atoms with van der Waals surface area (Å²) in [6.07, 6.45) is 3.91. The number of nitrogens with zero attached hydrogens (tertiary/aromatic N) is 1. The Bertz CT molecular complexity index is 861. The lowest BCUT2D eigenvalue weighted by atomic mass is 10.1. The number of halogens is 1. The van der Waals surface area contributed by atoms with Gasteiger partial charge in [-0.15, -0.1) is 0 Å². The van der Waals surface area contributed by atoms with E-state index in [1.165, 1.54) is 25.8 Å². The van der Waals surface area contributed by atoms with Gasteiger partial charge in [-0.1, -0.05) is 0 Å². The molecule has 146 valence electrons. The fourth-order valence-electron chi connectivity index (χ4n) is 3.10. The summed E-state index contributed by atoms with van der Waals surface area (Å²) in [7, 11) is -7.49. The Hall–Kier alpha value is -1.23. The molecule has 0 amide bonds. The summed E-state index contributed by atoms with van der Waals surface area (Å²) in [4.78, 5) is 2.18. The number of nitrogens with one attached hydrogen (secondary N) is 2. The zero-order chi connectivity index (χ0) is 18.9. The molecule has 1 aromatic rings. The lowest BCUT2D eigenvalue weighted by Gasteiger charge is -2.32. The molecule has 1 saturated heterocycles. The largest absolute Gasteiger partial charge is 0.300 e. The van der Waals surface area contributed by atoms with Crippen LogP contribution in [0.3, 0.4) is 0 Å². The molecule has 0 spiro atoms. The lowest BCUT2D eigenvalue weighted by Crippen LogP contribution is -2.45. The number of sulfonamides is 2. The molecule has 1 aliphatic carbocycles. The SMILES string of the molecule is CCS(=O)(=O)Nc1ccc(S(=O)(=O)NC2CCN(C3CC3)CC2)cc1F. The van der Waals surface area contributed by atoms with Crippen molar-refractivity contribution < 1.29 is 21.2 Å². The summed E-state index contributed by atoms with van der Waals surface area (Å²) in [6.45, 7) is 3.16. The molecular formula is C16H24FN3O4S2. The van der Waals surface area contributed by atoms with Crippen molar-refractivity contribution in [1.29, 1.82) is 0 Å². The Morgan fingerprint density at radius 3 is 2.31 bits per heavy atom. The highest BCUT2D eigenvalue weighted by atomic mass is 32.2. The molecule has 0 atom stereocenters. The molecular weight excluding hydrogens is 381 g/mol. The van der Waals surface area contributed by atoms with Gasteiger partial charge in [0.05, 0.1) is 16.3 Å². The number of likely N-dealkylation sites (tertiary alicyclic amines) is 1. The second kappa shape index (κ2) is 7.41. The van der Waals surface area contributed by atoms with Crippen molar-refractivity contribution in [3.05, 3.63) is 24.0 Å². The molecule has 1 aromatic carbocycles. The molecule has 0 unspecified atom stereocenters. The highest BCUT2D eigenvalue weighted by Crippen LogP contribution is 2.29. The summed E-state index contributed by atoms with van der Waals surface area (Å²) >= 11 is 0. The van der Waals surface area contributed by atoms with Gasteiger partial charge in [0.2, 0.25) is 20.0 Å². The Morgan fingerprint density at radius 2 is 1.77 bits per heavy atom. The number of piperidine rings is 1. The predicted octanol–water partition coefficient (Wildman–Crippen LogP) is 1.49. The third-order valence-electron chi connectivity index (χ3n) is 4.81. The smallest absolute Gasteiger partial charge is 0.240 e. The maximum absolute atomic E-state index is 14.1. The number of hydrogen-bond acceptors (Lipinski definition) is 5. The summed E-state index contributed by atoms with van der Waals surface area (Å²) in [5.74, 6) is -1.12. The predicted molar refractivity (Wildman–Crippen MR) is 97.4 cm³/mol. The van der Waals surface area contributed by atoms with Gasteiger partial charge in [-0.05, 0) is 63.9 Å². The first-order valence-electron chi connectivity index (χ1n) is 8.76. The number of benzene rings is 1. The molecule has 0 bridgehead atoms. The minimum atomic E-state index is -3.86. The van der Waals surface area contributed by atoms with Crippen molar-refractivity contribution >= 4 is 25.7 Å². The van der Waals surface area contributed by atoms with E-state index < -0.39 is 25.9 Å². The molecule has 2 aliphatic rings. The van der Waals surface area contributed by atoms with E-state index in [1.54, 1.807) is 0 Å². The maximum atomic E-state index is 14.1. The second-order valence-corrected chi connectivity index (χ2v) is 10.5. The lowest BCUT2D eigenvalue weighted by molar-refractivity contribution is 0.199. The molecule has 0 aromatic heterocycles. The number of hydrogen-bond donors (Lipinski definition) is 2. The molecule has 1 saturated carbocycles. The van der Waals surface area contributed by atoms with Crippen molar-refractivity contribution in [2.45, 2.75) is 49.6 Å². The zero-order valence-corrected chi connectivity index (χ0v) is 16.2. The summed E-state index contributed by atoms with van der Waals surface area (Å²) in [5.41, 5.74) is -0.261. The van der Waals surface area contributed by atoms with Crippen molar-refractivity contribution in [1.82, 2.24) is 9.62 Å². The van der Waals surface area contributed by atoms with E-state index in [0.717, 1.165) is 38.1 Å². The Morgan fingerprint density at radius 1 is 1.12 bits per heavy atom. The van der Waals surface area contributed by atoms with Crippen LogP contribution in [0.5, 0.6) is 0 Å². The van der Waals surface area contributed by atoms with Crippen LogP contribution >= 0.6 is 0 Å². The van der Waals surface area contributed by atoms with E-state index >= 15 is 0 Å². The second-order valence-electron chi connectivity index (χ2n) is 6.81. The van der Waals surface area contributed by atoms with Crippen LogP contribution in [0.2, 0.25) is 0 Å². The van der Waals surface area contributed by atoms with Gasteiger partial charge in [-0.25, -0.2) is 25.9 Å². The quantitative estimate of drug-likeness (QED) is 0.717. The van der Waals surface area contributed by atoms with Gasteiger partial charge in [0.25, 0.3) is 0 Å². The minimum Gasteiger partial charge on any atom is -0.300 e. The molecule has 10 heteroatoms. The van der Waals surface area contributed by atoms with Crippen molar-refractivity contribution in [2.24, 2.45) is 0 Å². The van der Waals surface area contributed by atoms with E-state index in [0.29, 0.717) is 6.04 Å². The molecule has 1 heterocycles. The third kappa shape index (κ3) is 4.73. The van der Waals surface area contributed by atoms with Gasteiger partial charge in [0.15, 0.2) is 0 Å². The first-order chi connectivity index (χ1) is 12.2. The standard InChI is InChI=1S/C16H24FN3O4S2/c1-2-25(21,22)19-16-6-5-14(11-15(16)17)26(23,24)18-12-7-9-20(10-8-12)13-3-4-13/h5-6,11-13,18-19H,2-4,7-10H2,1H3. The van der Waals surface area contributed by atoms with Crippen LogP contribution in [0.15, 0.2) is 23.1 Å². The molecule has 2 fully saturated rings. The molecule has 26 heavy (non-hydrogen) atoms. The molecule has 3 rings (SSSR count). The third-order valence-corrected chi connectivity index (χ3v) is 7.62. The van der Waals surface area contributed by atoms with Gasteiger partial charge in [0.1, 0.15) is 5.82 Å². The highest BCUT2D eigenvalue weighted by Gasteiger charge is 2.33. The Kier molecular flexibility index (Phi) is 5.57.